The molecule has 0 aliphatic heterocycles. The highest BCUT2D eigenvalue weighted by Gasteiger charge is 2.12. The van der Waals surface area contributed by atoms with Gasteiger partial charge in [-0.15, -0.1) is 23.2 Å². The second-order valence-electron chi connectivity index (χ2n) is 4.24. The number of anilines is 1. The fraction of sp³-hybridized carbons (Fsp3) is 0.533. The summed E-state index contributed by atoms with van der Waals surface area (Å²) in [5, 5.41) is 0. The average molecular weight is 334 g/mol. The lowest BCUT2D eigenvalue weighted by Gasteiger charge is -2.25. The highest BCUT2D eigenvalue weighted by Crippen LogP contribution is 2.28. The monoisotopic (exact) mass is 333 g/mol. The molecule has 1 aromatic rings. The van der Waals surface area contributed by atoms with Crippen LogP contribution < -0.4 is 9.64 Å². The Morgan fingerprint density at radius 1 is 1.19 bits per heavy atom. The molecule has 118 valence electrons. The molecule has 1 aromatic carbocycles. The average Bonchev–Trinajstić information content (AvgIpc) is 2.48. The van der Waals surface area contributed by atoms with Crippen molar-refractivity contribution in [2.45, 2.75) is 13.3 Å². The maximum atomic E-state index is 11.3. The third-order valence-electron chi connectivity index (χ3n) is 2.78. The molecule has 0 fully saturated rings. The Labute approximate surface area is 135 Å². The molecule has 0 heterocycles. The molecule has 0 aliphatic carbocycles. The predicted molar refractivity (Wildman–Crippen MR) is 86.8 cm³/mol. The SMILES string of the molecule is CCOC(=O)CCOc1ccccc1N(CCCl)CCCl. The molecule has 0 aromatic heterocycles. The van der Waals surface area contributed by atoms with Crippen LogP contribution in [0.15, 0.2) is 24.3 Å². The number of para-hydroxylation sites is 2. The molecule has 0 N–H and O–H groups in total. The number of rotatable bonds is 10. The number of carbonyl (C=O) groups is 1. The fourth-order valence-electron chi connectivity index (χ4n) is 1.87. The first-order chi connectivity index (χ1) is 10.2. The lowest BCUT2D eigenvalue weighted by atomic mass is 10.2. The van der Waals surface area contributed by atoms with Crippen molar-refractivity contribution in [3.05, 3.63) is 24.3 Å². The zero-order chi connectivity index (χ0) is 15.5. The Morgan fingerprint density at radius 2 is 1.86 bits per heavy atom. The van der Waals surface area contributed by atoms with Crippen LogP contribution in [0.4, 0.5) is 5.69 Å². The van der Waals surface area contributed by atoms with Crippen LogP contribution in [-0.4, -0.2) is 44.0 Å². The van der Waals surface area contributed by atoms with Crippen molar-refractivity contribution in [3.63, 3.8) is 0 Å². The fourth-order valence-corrected chi connectivity index (χ4v) is 2.28. The molecular weight excluding hydrogens is 313 g/mol. The van der Waals surface area contributed by atoms with Gasteiger partial charge in [0.15, 0.2) is 0 Å². The molecular formula is C15H21Cl2NO3. The molecule has 0 saturated carbocycles. The van der Waals surface area contributed by atoms with E-state index in [1.54, 1.807) is 6.92 Å². The lowest BCUT2D eigenvalue weighted by Crippen LogP contribution is -2.28. The Balaban J connectivity index is 2.67. The van der Waals surface area contributed by atoms with Gasteiger partial charge < -0.3 is 14.4 Å². The Hall–Kier alpha value is -1.13. The molecule has 0 aliphatic rings. The first-order valence-electron chi connectivity index (χ1n) is 6.97. The Bertz CT molecular complexity index is 423. The number of hydrogen-bond acceptors (Lipinski definition) is 4. The summed E-state index contributed by atoms with van der Waals surface area (Å²) in [5.74, 6) is 1.48. The molecule has 0 unspecified atom stereocenters. The van der Waals surface area contributed by atoms with Gasteiger partial charge in [-0.3, -0.25) is 4.79 Å². The van der Waals surface area contributed by atoms with Crippen molar-refractivity contribution in [1.29, 1.82) is 0 Å². The minimum Gasteiger partial charge on any atom is -0.491 e. The number of carbonyl (C=O) groups excluding carboxylic acids is 1. The molecule has 1 rings (SSSR count). The summed E-state index contributed by atoms with van der Waals surface area (Å²) in [7, 11) is 0. The summed E-state index contributed by atoms with van der Waals surface area (Å²) < 4.78 is 10.6. The van der Waals surface area contributed by atoms with Gasteiger partial charge >= 0.3 is 5.97 Å². The number of ether oxygens (including phenoxy) is 2. The normalized spacial score (nSPS) is 10.2. The standard InChI is InChI=1S/C15H21Cl2NO3/c1-2-20-15(19)7-12-21-14-6-4-3-5-13(14)18(10-8-16)11-9-17/h3-6H,2,7-12H2,1H3. The molecule has 0 atom stereocenters. The quantitative estimate of drug-likeness (QED) is 0.486. The zero-order valence-corrected chi connectivity index (χ0v) is 13.7. The van der Waals surface area contributed by atoms with Gasteiger partial charge in [0.05, 0.1) is 25.3 Å². The van der Waals surface area contributed by atoms with Gasteiger partial charge in [-0.05, 0) is 19.1 Å². The Morgan fingerprint density at radius 3 is 2.48 bits per heavy atom. The van der Waals surface area contributed by atoms with E-state index in [1.165, 1.54) is 0 Å². The van der Waals surface area contributed by atoms with Crippen molar-refractivity contribution in [3.8, 4) is 5.75 Å². The summed E-state index contributed by atoms with van der Waals surface area (Å²) >= 11 is 11.7. The predicted octanol–water partition coefficient (Wildman–Crippen LogP) is 3.30. The van der Waals surface area contributed by atoms with Crippen molar-refractivity contribution in [1.82, 2.24) is 0 Å². The largest absolute Gasteiger partial charge is 0.491 e. The first kappa shape index (κ1) is 17.9. The van der Waals surface area contributed by atoms with Gasteiger partial charge in [0.25, 0.3) is 0 Å². The maximum Gasteiger partial charge on any atom is 0.309 e. The van der Waals surface area contributed by atoms with Crippen LogP contribution in [0.5, 0.6) is 5.75 Å². The van der Waals surface area contributed by atoms with E-state index in [-0.39, 0.29) is 19.0 Å². The number of halogens is 2. The van der Waals surface area contributed by atoms with Gasteiger partial charge in [0, 0.05) is 24.8 Å². The van der Waals surface area contributed by atoms with Gasteiger partial charge in [0.2, 0.25) is 0 Å². The number of alkyl halides is 2. The number of benzene rings is 1. The summed E-state index contributed by atoms with van der Waals surface area (Å²) in [6.07, 6.45) is 0.229. The second-order valence-corrected chi connectivity index (χ2v) is 4.99. The smallest absolute Gasteiger partial charge is 0.309 e. The van der Waals surface area contributed by atoms with Crippen LogP contribution in [0.2, 0.25) is 0 Å². The van der Waals surface area contributed by atoms with Crippen LogP contribution in [-0.2, 0) is 9.53 Å². The number of hydrogen-bond donors (Lipinski definition) is 0. The molecule has 0 radical (unpaired) electrons. The number of nitrogens with zero attached hydrogens (tertiary/aromatic N) is 1. The third kappa shape index (κ3) is 6.44. The summed E-state index contributed by atoms with van der Waals surface area (Å²) in [5.41, 5.74) is 0.933. The highest BCUT2D eigenvalue weighted by molar-refractivity contribution is 6.18. The van der Waals surface area contributed by atoms with Crippen molar-refractivity contribution >= 4 is 34.9 Å². The molecule has 0 amide bonds. The van der Waals surface area contributed by atoms with E-state index in [1.807, 2.05) is 24.3 Å². The minimum absolute atomic E-state index is 0.229. The summed E-state index contributed by atoms with van der Waals surface area (Å²) in [6.45, 7) is 3.82. The summed E-state index contributed by atoms with van der Waals surface area (Å²) in [6, 6.07) is 7.65. The van der Waals surface area contributed by atoms with E-state index in [0.29, 0.717) is 31.5 Å². The topological polar surface area (TPSA) is 38.8 Å². The van der Waals surface area contributed by atoms with E-state index in [0.717, 1.165) is 11.4 Å². The molecule has 0 spiro atoms. The van der Waals surface area contributed by atoms with E-state index in [9.17, 15) is 4.79 Å². The first-order valence-corrected chi connectivity index (χ1v) is 8.04. The van der Waals surface area contributed by atoms with Crippen LogP contribution in [0.25, 0.3) is 0 Å². The molecule has 21 heavy (non-hydrogen) atoms. The Kier molecular flexibility index (Phi) is 9.02. The summed E-state index contributed by atoms with van der Waals surface area (Å²) in [4.78, 5) is 13.4. The second kappa shape index (κ2) is 10.6. The maximum absolute atomic E-state index is 11.3. The molecule has 4 nitrogen and oxygen atoms in total. The van der Waals surface area contributed by atoms with Crippen molar-refractivity contribution in [2.75, 3.05) is 43.0 Å². The van der Waals surface area contributed by atoms with Crippen LogP contribution >= 0.6 is 23.2 Å². The minimum atomic E-state index is -0.256. The van der Waals surface area contributed by atoms with E-state index in [2.05, 4.69) is 4.90 Å². The van der Waals surface area contributed by atoms with Crippen molar-refractivity contribution < 1.29 is 14.3 Å². The van der Waals surface area contributed by atoms with E-state index >= 15 is 0 Å². The van der Waals surface area contributed by atoms with Crippen molar-refractivity contribution in [2.24, 2.45) is 0 Å². The van der Waals surface area contributed by atoms with Gasteiger partial charge in [-0.2, -0.15) is 0 Å². The zero-order valence-electron chi connectivity index (χ0n) is 12.2. The van der Waals surface area contributed by atoms with Crippen LogP contribution in [0, 0.1) is 0 Å². The third-order valence-corrected chi connectivity index (χ3v) is 3.12. The van der Waals surface area contributed by atoms with Gasteiger partial charge in [0.1, 0.15) is 5.75 Å². The van der Waals surface area contributed by atoms with E-state index < -0.39 is 0 Å². The lowest BCUT2D eigenvalue weighted by molar-refractivity contribution is -0.143. The van der Waals surface area contributed by atoms with Gasteiger partial charge in [-0.25, -0.2) is 0 Å². The van der Waals surface area contributed by atoms with Crippen LogP contribution in [0.1, 0.15) is 13.3 Å². The molecule has 6 heteroatoms. The van der Waals surface area contributed by atoms with Gasteiger partial charge in [-0.1, -0.05) is 12.1 Å². The molecule has 0 bridgehead atoms. The number of esters is 1. The van der Waals surface area contributed by atoms with E-state index in [4.69, 9.17) is 32.7 Å². The highest BCUT2D eigenvalue weighted by atomic mass is 35.5. The van der Waals surface area contributed by atoms with Crippen LogP contribution in [0.3, 0.4) is 0 Å². The molecule has 0 saturated heterocycles.